The van der Waals surface area contributed by atoms with Gasteiger partial charge in [0.1, 0.15) is 35.1 Å². The lowest BCUT2D eigenvalue weighted by Crippen LogP contribution is -2.20. The number of benzene rings is 1. The number of ketones is 1. The lowest BCUT2D eigenvalue weighted by Gasteiger charge is -2.17. The molecule has 1 unspecified atom stereocenters. The van der Waals surface area contributed by atoms with Crippen molar-refractivity contribution in [1.29, 1.82) is 0 Å². The fraction of sp³-hybridized carbons (Fsp3) is 0.444. The Labute approximate surface area is 150 Å². The van der Waals surface area contributed by atoms with Gasteiger partial charge in [0, 0.05) is 30.9 Å². The summed E-state index contributed by atoms with van der Waals surface area (Å²) in [6.45, 7) is 1.73. The van der Waals surface area contributed by atoms with Crippen LogP contribution in [0.15, 0.2) is 18.2 Å². The Morgan fingerprint density at radius 3 is 2.76 bits per heavy atom. The fourth-order valence-electron chi connectivity index (χ4n) is 2.97. The molecule has 2 N–H and O–H groups in total. The van der Waals surface area contributed by atoms with Crippen molar-refractivity contribution in [3.63, 3.8) is 0 Å². The number of carbonyl (C=O) groups excluding carboxylic acids is 2. The van der Waals surface area contributed by atoms with Gasteiger partial charge in [0.05, 0.1) is 11.1 Å². The van der Waals surface area contributed by atoms with Crippen LogP contribution in [0.3, 0.4) is 0 Å². The number of ether oxygens (including phenoxy) is 2. The van der Waals surface area contributed by atoms with E-state index in [0.717, 1.165) is 6.07 Å². The summed E-state index contributed by atoms with van der Waals surface area (Å²) >= 11 is 6.08. The number of allylic oxidation sites excluding steroid dienone is 1. The molecule has 1 aromatic carbocycles. The smallest absolute Gasteiger partial charge is 0.342 e. The molecule has 2 heterocycles. The molecule has 3 atom stereocenters. The third-order valence-corrected chi connectivity index (χ3v) is 4.73. The summed E-state index contributed by atoms with van der Waals surface area (Å²) in [5, 5.41) is 19.8. The second-order valence-corrected chi connectivity index (χ2v) is 6.73. The Hall–Kier alpha value is -2.05. The largest absolute Gasteiger partial charge is 0.507 e. The second kappa shape index (κ2) is 7.06. The number of phenolic OH excluding ortho intramolecular Hbond substituents is 2. The summed E-state index contributed by atoms with van der Waals surface area (Å²) in [5.41, 5.74) is -0.0909. The molecule has 0 bridgehead atoms. The standard InChI is InChI=1S/C18H19ClO6/c1-9-6-15-14(25-15)5-3-2-4-10(20)7-11-16(18(23)24-9)12(21)8-13(22)17(11)19/h3,5,8-9,14-15,21-22H,2,4,6-7H2,1H3/b5-3-/t9-,14-,15?/m1/s1. The Bertz CT molecular complexity index is 742. The first-order chi connectivity index (χ1) is 11.9. The number of phenols is 2. The van der Waals surface area contributed by atoms with E-state index in [1.807, 2.05) is 12.2 Å². The van der Waals surface area contributed by atoms with Crippen molar-refractivity contribution in [2.24, 2.45) is 0 Å². The first-order valence-electron chi connectivity index (χ1n) is 8.15. The van der Waals surface area contributed by atoms with Crippen LogP contribution >= 0.6 is 11.6 Å². The quantitative estimate of drug-likeness (QED) is 0.416. The molecule has 1 aromatic rings. The zero-order chi connectivity index (χ0) is 18.1. The Morgan fingerprint density at radius 2 is 2.00 bits per heavy atom. The van der Waals surface area contributed by atoms with E-state index >= 15 is 0 Å². The maximum Gasteiger partial charge on any atom is 0.342 e. The molecule has 0 amide bonds. The highest BCUT2D eigenvalue weighted by Gasteiger charge is 2.38. The van der Waals surface area contributed by atoms with Crippen LogP contribution in [-0.2, 0) is 20.7 Å². The number of rotatable bonds is 0. The number of hydrogen-bond acceptors (Lipinski definition) is 6. The molecule has 6 nitrogen and oxygen atoms in total. The molecule has 3 rings (SSSR count). The molecular formula is C18H19ClO6. The van der Waals surface area contributed by atoms with Gasteiger partial charge in [-0.3, -0.25) is 4.79 Å². The highest BCUT2D eigenvalue weighted by atomic mass is 35.5. The number of fused-ring (bicyclic) bond motifs is 2. The summed E-state index contributed by atoms with van der Waals surface area (Å²) in [5.74, 6) is -1.79. The number of epoxide rings is 1. The van der Waals surface area contributed by atoms with Crippen LogP contribution in [0, 0.1) is 0 Å². The number of Topliss-reactive ketones (excluding diaryl/α,β-unsaturated/α-hetero) is 1. The Morgan fingerprint density at radius 1 is 1.24 bits per heavy atom. The van der Waals surface area contributed by atoms with Gasteiger partial charge in [-0.1, -0.05) is 23.8 Å². The monoisotopic (exact) mass is 366 g/mol. The molecule has 0 aliphatic carbocycles. The van der Waals surface area contributed by atoms with Crippen LogP contribution in [0.1, 0.15) is 42.1 Å². The van der Waals surface area contributed by atoms with Crippen molar-refractivity contribution in [3.05, 3.63) is 34.4 Å². The molecule has 2 aliphatic rings. The van der Waals surface area contributed by atoms with E-state index in [1.165, 1.54) is 0 Å². The summed E-state index contributed by atoms with van der Waals surface area (Å²) in [7, 11) is 0. The number of cyclic esters (lactones) is 1. The van der Waals surface area contributed by atoms with Gasteiger partial charge >= 0.3 is 5.97 Å². The minimum Gasteiger partial charge on any atom is -0.507 e. The summed E-state index contributed by atoms with van der Waals surface area (Å²) < 4.78 is 10.9. The normalized spacial score (nSPS) is 28.3. The van der Waals surface area contributed by atoms with Crippen LogP contribution in [0.4, 0.5) is 0 Å². The minimum atomic E-state index is -0.778. The molecular weight excluding hydrogens is 348 g/mol. The van der Waals surface area contributed by atoms with Crippen molar-refractivity contribution in [3.8, 4) is 11.5 Å². The maximum atomic E-state index is 12.5. The Balaban J connectivity index is 1.96. The number of aromatic hydroxyl groups is 2. The molecule has 25 heavy (non-hydrogen) atoms. The average molecular weight is 367 g/mol. The Kier molecular flexibility index (Phi) is 5.01. The first-order valence-corrected chi connectivity index (χ1v) is 8.52. The lowest BCUT2D eigenvalue weighted by molar-refractivity contribution is -0.118. The molecule has 0 spiro atoms. The second-order valence-electron chi connectivity index (χ2n) is 6.36. The van der Waals surface area contributed by atoms with E-state index in [9.17, 15) is 19.8 Å². The topological polar surface area (TPSA) is 96.4 Å². The first kappa shape index (κ1) is 17.8. The van der Waals surface area contributed by atoms with E-state index in [4.69, 9.17) is 21.1 Å². The summed E-state index contributed by atoms with van der Waals surface area (Å²) in [6.07, 6.45) is 4.51. The van der Waals surface area contributed by atoms with E-state index in [1.54, 1.807) is 6.92 Å². The predicted octanol–water partition coefficient (Wildman–Crippen LogP) is 2.92. The molecule has 134 valence electrons. The van der Waals surface area contributed by atoms with Gasteiger partial charge in [0.25, 0.3) is 0 Å². The fourth-order valence-corrected chi connectivity index (χ4v) is 3.19. The van der Waals surface area contributed by atoms with Crippen LogP contribution < -0.4 is 0 Å². The van der Waals surface area contributed by atoms with E-state index in [0.29, 0.717) is 12.8 Å². The van der Waals surface area contributed by atoms with Crippen LogP contribution in [0.5, 0.6) is 11.5 Å². The van der Waals surface area contributed by atoms with Gasteiger partial charge < -0.3 is 19.7 Å². The number of carbonyl (C=O) groups is 2. The third-order valence-electron chi connectivity index (χ3n) is 4.31. The van der Waals surface area contributed by atoms with E-state index in [-0.39, 0.29) is 52.7 Å². The predicted molar refractivity (Wildman–Crippen MR) is 90.0 cm³/mol. The van der Waals surface area contributed by atoms with Gasteiger partial charge in [-0.2, -0.15) is 0 Å². The molecule has 0 saturated carbocycles. The van der Waals surface area contributed by atoms with Crippen LogP contribution in [0.25, 0.3) is 0 Å². The molecule has 1 fully saturated rings. The number of esters is 1. The lowest BCUT2D eigenvalue weighted by atomic mass is 9.98. The van der Waals surface area contributed by atoms with Crippen LogP contribution in [-0.4, -0.2) is 40.3 Å². The van der Waals surface area contributed by atoms with Crippen LogP contribution in [0.2, 0.25) is 5.02 Å². The van der Waals surface area contributed by atoms with Gasteiger partial charge in [0.2, 0.25) is 0 Å². The highest BCUT2D eigenvalue weighted by Crippen LogP contribution is 2.38. The maximum absolute atomic E-state index is 12.5. The SMILES string of the molecule is C[C@@H]1CC2O[C@@H]2/C=C\CCC(=O)Cc2c(Cl)c(O)cc(O)c2C(=O)O1. The summed E-state index contributed by atoms with van der Waals surface area (Å²) in [6, 6.07) is 0.976. The van der Waals surface area contributed by atoms with Gasteiger partial charge in [-0.15, -0.1) is 0 Å². The van der Waals surface area contributed by atoms with Gasteiger partial charge in [-0.25, -0.2) is 4.79 Å². The number of hydrogen-bond donors (Lipinski definition) is 2. The third kappa shape index (κ3) is 3.96. The minimum absolute atomic E-state index is 0.00808. The van der Waals surface area contributed by atoms with E-state index in [2.05, 4.69) is 0 Å². The molecule has 7 heteroatoms. The summed E-state index contributed by atoms with van der Waals surface area (Å²) in [4.78, 5) is 24.7. The zero-order valence-electron chi connectivity index (χ0n) is 13.7. The van der Waals surface area contributed by atoms with E-state index < -0.39 is 17.8 Å². The average Bonchev–Trinajstić information content (AvgIpc) is 3.25. The van der Waals surface area contributed by atoms with Gasteiger partial charge in [0.15, 0.2) is 0 Å². The van der Waals surface area contributed by atoms with Crippen molar-refractivity contribution in [1.82, 2.24) is 0 Å². The van der Waals surface area contributed by atoms with Crippen molar-refractivity contribution in [2.45, 2.75) is 50.9 Å². The highest BCUT2D eigenvalue weighted by molar-refractivity contribution is 6.33. The van der Waals surface area contributed by atoms with Crippen molar-refractivity contribution in [2.75, 3.05) is 0 Å². The molecule has 0 radical (unpaired) electrons. The van der Waals surface area contributed by atoms with Crippen molar-refractivity contribution >= 4 is 23.4 Å². The van der Waals surface area contributed by atoms with Gasteiger partial charge in [-0.05, 0) is 13.3 Å². The van der Waals surface area contributed by atoms with Crippen molar-refractivity contribution < 1.29 is 29.3 Å². The number of halogens is 1. The zero-order valence-corrected chi connectivity index (χ0v) is 14.5. The molecule has 1 saturated heterocycles. The molecule has 0 aromatic heterocycles. The molecule has 2 aliphatic heterocycles.